The predicted molar refractivity (Wildman–Crippen MR) is 123 cm³/mol. The molecule has 0 aliphatic carbocycles. The Labute approximate surface area is 183 Å². The van der Waals surface area contributed by atoms with E-state index in [1.807, 2.05) is 72.5 Å². The molecule has 0 spiro atoms. The van der Waals surface area contributed by atoms with Crippen molar-refractivity contribution in [3.05, 3.63) is 112 Å². The molecule has 0 saturated heterocycles. The van der Waals surface area contributed by atoms with Gasteiger partial charge in [-0.15, -0.1) is 0 Å². The van der Waals surface area contributed by atoms with Gasteiger partial charge in [-0.1, -0.05) is 70.9 Å². The minimum absolute atomic E-state index is 0.0276. The van der Waals surface area contributed by atoms with E-state index in [4.69, 9.17) is 4.52 Å². The fraction of sp³-hybridized carbons (Fsp3) is 0.185. The van der Waals surface area contributed by atoms with Crippen molar-refractivity contribution in [1.29, 1.82) is 0 Å². The first-order valence-electron chi connectivity index (χ1n) is 10.4. The Morgan fingerprint density at radius 1 is 0.839 bits per heavy atom. The van der Waals surface area contributed by atoms with Crippen molar-refractivity contribution in [2.24, 2.45) is 0 Å². The second-order valence-electron chi connectivity index (χ2n) is 8.01. The average Bonchev–Trinajstić information content (AvgIpc) is 3.24. The van der Waals surface area contributed by atoms with Gasteiger partial charge in [0.25, 0.3) is 5.91 Å². The number of benzene rings is 3. The van der Waals surface area contributed by atoms with Crippen molar-refractivity contribution in [1.82, 2.24) is 10.1 Å². The number of amides is 1. The predicted octanol–water partition coefficient (Wildman–Crippen LogP) is 6.11. The number of aryl methyl sites for hydroxylation is 3. The molecule has 0 aliphatic rings. The van der Waals surface area contributed by atoms with Gasteiger partial charge in [-0.25, -0.2) is 0 Å². The van der Waals surface area contributed by atoms with E-state index >= 15 is 0 Å². The lowest BCUT2D eigenvalue weighted by Crippen LogP contribution is -2.30. The van der Waals surface area contributed by atoms with E-state index in [1.165, 1.54) is 5.56 Å². The third kappa shape index (κ3) is 4.92. The smallest absolute Gasteiger partial charge is 0.254 e. The minimum atomic E-state index is -0.0276. The van der Waals surface area contributed by atoms with Gasteiger partial charge < -0.3 is 9.42 Å². The molecule has 1 amide bonds. The third-order valence-corrected chi connectivity index (χ3v) is 5.37. The molecule has 31 heavy (non-hydrogen) atoms. The van der Waals surface area contributed by atoms with Crippen molar-refractivity contribution in [3.8, 4) is 11.3 Å². The number of rotatable bonds is 6. The standard InChI is InChI=1S/C27H26N2O2/c1-19-10-13-23(14-11-19)27(30)29(17-22-7-5-4-6-8-22)18-24-16-26(31-28-24)25-15-20(2)9-12-21(25)3/h4-16H,17-18H2,1-3H3. The molecule has 3 aromatic carbocycles. The Kier molecular flexibility index (Phi) is 5.99. The third-order valence-electron chi connectivity index (χ3n) is 5.37. The van der Waals surface area contributed by atoms with Crippen LogP contribution in [0.1, 0.15) is 38.3 Å². The highest BCUT2D eigenvalue weighted by Crippen LogP contribution is 2.26. The Balaban J connectivity index is 1.61. The quantitative estimate of drug-likeness (QED) is 0.385. The lowest BCUT2D eigenvalue weighted by molar-refractivity contribution is 0.0726. The molecule has 0 saturated carbocycles. The van der Waals surface area contributed by atoms with Crippen LogP contribution in [0.15, 0.2) is 83.4 Å². The van der Waals surface area contributed by atoms with Crippen LogP contribution < -0.4 is 0 Å². The second kappa shape index (κ2) is 9.00. The highest BCUT2D eigenvalue weighted by atomic mass is 16.5. The molecular formula is C27H26N2O2. The highest BCUT2D eigenvalue weighted by Gasteiger charge is 2.19. The summed E-state index contributed by atoms with van der Waals surface area (Å²) in [5.41, 5.74) is 6.91. The van der Waals surface area contributed by atoms with Crippen LogP contribution in [0.25, 0.3) is 11.3 Å². The largest absolute Gasteiger partial charge is 0.356 e. The summed E-state index contributed by atoms with van der Waals surface area (Å²) in [6.07, 6.45) is 0. The number of nitrogens with zero attached hydrogens (tertiary/aromatic N) is 2. The summed E-state index contributed by atoms with van der Waals surface area (Å²) in [6, 6.07) is 25.9. The van der Waals surface area contributed by atoms with E-state index in [-0.39, 0.29) is 5.91 Å². The average molecular weight is 411 g/mol. The van der Waals surface area contributed by atoms with Gasteiger partial charge in [0.2, 0.25) is 0 Å². The number of hydrogen-bond donors (Lipinski definition) is 0. The normalized spacial score (nSPS) is 10.8. The first-order chi connectivity index (χ1) is 15.0. The van der Waals surface area contributed by atoms with Gasteiger partial charge in [-0.05, 0) is 50.1 Å². The SMILES string of the molecule is Cc1ccc(C(=O)N(Cc2ccccc2)Cc2cc(-c3cc(C)ccc3C)on2)cc1. The van der Waals surface area contributed by atoms with Crippen molar-refractivity contribution in [2.45, 2.75) is 33.9 Å². The molecule has 1 aromatic heterocycles. The summed E-state index contributed by atoms with van der Waals surface area (Å²) in [7, 11) is 0. The van der Waals surface area contributed by atoms with Crippen LogP contribution >= 0.6 is 0 Å². The Morgan fingerprint density at radius 2 is 1.55 bits per heavy atom. The minimum Gasteiger partial charge on any atom is -0.356 e. The van der Waals surface area contributed by atoms with Gasteiger partial charge in [-0.3, -0.25) is 4.79 Å². The van der Waals surface area contributed by atoms with Crippen molar-refractivity contribution in [3.63, 3.8) is 0 Å². The van der Waals surface area contributed by atoms with Crippen LogP contribution in [-0.4, -0.2) is 16.0 Å². The summed E-state index contributed by atoms with van der Waals surface area (Å²) < 4.78 is 5.65. The first-order valence-corrected chi connectivity index (χ1v) is 10.4. The fourth-order valence-corrected chi connectivity index (χ4v) is 3.59. The van der Waals surface area contributed by atoms with Crippen LogP contribution in [0, 0.1) is 20.8 Å². The molecule has 156 valence electrons. The monoisotopic (exact) mass is 410 g/mol. The molecule has 1 heterocycles. The van der Waals surface area contributed by atoms with Crippen LogP contribution in [0.4, 0.5) is 0 Å². The number of carbonyl (C=O) groups excluding carboxylic acids is 1. The van der Waals surface area contributed by atoms with Crippen LogP contribution in [0.5, 0.6) is 0 Å². The highest BCUT2D eigenvalue weighted by molar-refractivity contribution is 5.94. The maximum atomic E-state index is 13.3. The zero-order valence-corrected chi connectivity index (χ0v) is 18.1. The summed E-state index contributed by atoms with van der Waals surface area (Å²) in [5, 5.41) is 4.27. The van der Waals surface area contributed by atoms with E-state index in [2.05, 4.69) is 37.2 Å². The molecule has 4 aromatic rings. The number of hydrogen-bond acceptors (Lipinski definition) is 3. The summed E-state index contributed by atoms with van der Waals surface area (Å²) >= 11 is 0. The summed E-state index contributed by atoms with van der Waals surface area (Å²) in [5.74, 6) is 0.693. The molecular weight excluding hydrogens is 384 g/mol. The van der Waals surface area contributed by atoms with E-state index in [9.17, 15) is 4.79 Å². The number of aromatic nitrogens is 1. The molecule has 0 N–H and O–H groups in total. The first kappa shape index (κ1) is 20.6. The van der Waals surface area contributed by atoms with Gasteiger partial charge in [0.15, 0.2) is 5.76 Å². The molecule has 0 atom stereocenters. The van der Waals surface area contributed by atoms with Crippen LogP contribution in [-0.2, 0) is 13.1 Å². The molecule has 4 heteroatoms. The lowest BCUT2D eigenvalue weighted by atomic mass is 10.0. The van der Waals surface area contributed by atoms with Crippen LogP contribution in [0.3, 0.4) is 0 Å². The molecule has 0 bridgehead atoms. The zero-order chi connectivity index (χ0) is 21.8. The molecule has 0 radical (unpaired) electrons. The topological polar surface area (TPSA) is 46.3 Å². The second-order valence-corrected chi connectivity index (χ2v) is 8.01. The maximum Gasteiger partial charge on any atom is 0.254 e. The van der Waals surface area contributed by atoms with E-state index in [1.54, 1.807) is 0 Å². The van der Waals surface area contributed by atoms with E-state index in [0.717, 1.165) is 33.7 Å². The van der Waals surface area contributed by atoms with E-state index < -0.39 is 0 Å². The van der Waals surface area contributed by atoms with Crippen molar-refractivity contribution >= 4 is 5.91 Å². The molecule has 0 unspecified atom stereocenters. The van der Waals surface area contributed by atoms with Crippen LogP contribution in [0.2, 0.25) is 0 Å². The summed E-state index contributed by atoms with van der Waals surface area (Å²) in [4.78, 5) is 15.1. The Hall–Kier alpha value is -3.66. The van der Waals surface area contributed by atoms with Gasteiger partial charge >= 0.3 is 0 Å². The van der Waals surface area contributed by atoms with Gasteiger partial charge in [-0.2, -0.15) is 0 Å². The lowest BCUT2D eigenvalue weighted by Gasteiger charge is -2.22. The molecule has 0 fully saturated rings. The number of carbonyl (C=O) groups is 1. The molecule has 4 nitrogen and oxygen atoms in total. The summed E-state index contributed by atoms with van der Waals surface area (Å²) in [6.45, 7) is 7.00. The van der Waals surface area contributed by atoms with Gasteiger partial charge in [0, 0.05) is 23.7 Å². The van der Waals surface area contributed by atoms with Crippen molar-refractivity contribution in [2.75, 3.05) is 0 Å². The zero-order valence-electron chi connectivity index (χ0n) is 18.1. The maximum absolute atomic E-state index is 13.3. The van der Waals surface area contributed by atoms with Gasteiger partial charge in [0.1, 0.15) is 5.69 Å². The Morgan fingerprint density at radius 3 is 2.29 bits per heavy atom. The van der Waals surface area contributed by atoms with Gasteiger partial charge in [0.05, 0.1) is 6.54 Å². The van der Waals surface area contributed by atoms with E-state index in [0.29, 0.717) is 18.7 Å². The fourth-order valence-electron chi connectivity index (χ4n) is 3.59. The molecule has 4 rings (SSSR count). The Bertz CT molecular complexity index is 1180. The molecule has 0 aliphatic heterocycles. The van der Waals surface area contributed by atoms with Crippen molar-refractivity contribution < 1.29 is 9.32 Å².